The first-order valence-corrected chi connectivity index (χ1v) is 13.3. The minimum atomic E-state index is -0.338. The lowest BCUT2D eigenvalue weighted by Crippen LogP contribution is -2.30. The monoisotopic (exact) mass is 532 g/mol. The van der Waals surface area contributed by atoms with Gasteiger partial charge in [0.05, 0.1) is 28.8 Å². The van der Waals surface area contributed by atoms with Crippen LogP contribution >= 0.6 is 11.6 Å². The number of nitrogens with zero attached hydrogens (tertiary/aromatic N) is 3. The molecule has 0 fully saturated rings. The first-order valence-electron chi connectivity index (χ1n) is 12.9. The van der Waals surface area contributed by atoms with E-state index in [1.807, 2.05) is 49.6 Å². The number of aromatic nitrogens is 2. The molecule has 1 amide bonds. The topological polar surface area (TPSA) is 68.5 Å². The summed E-state index contributed by atoms with van der Waals surface area (Å²) < 4.78 is 10.7. The number of nitrogens with one attached hydrogen (secondary N) is 1. The highest BCUT2D eigenvalue weighted by atomic mass is 35.5. The number of halogens is 1. The zero-order valence-electron chi connectivity index (χ0n) is 22.3. The third-order valence-electron chi connectivity index (χ3n) is 7.32. The Kier molecular flexibility index (Phi) is 7.43. The smallest absolute Gasteiger partial charge is 0.252 e. The molecule has 0 saturated heterocycles. The van der Waals surface area contributed by atoms with Gasteiger partial charge >= 0.3 is 0 Å². The van der Waals surface area contributed by atoms with E-state index >= 15 is 0 Å². The number of carbonyl (C=O) groups is 2. The van der Waals surface area contributed by atoms with Crippen LogP contribution in [-0.2, 0) is 27.4 Å². The molecule has 1 aliphatic heterocycles. The number of hydrogen-bond acceptors (Lipinski definition) is 4. The maximum Gasteiger partial charge on any atom is 0.252 e. The Balaban J connectivity index is 1.86. The number of aryl methyl sites for hydroxylation is 2. The van der Waals surface area contributed by atoms with E-state index in [0.29, 0.717) is 34.9 Å². The van der Waals surface area contributed by atoms with E-state index in [2.05, 4.69) is 39.5 Å². The molecular weight excluding hydrogens is 500 g/mol. The number of carbonyl (C=O) groups excluding carboxylic acids is 2. The van der Waals surface area contributed by atoms with Gasteiger partial charge in [-0.2, -0.15) is 0 Å². The Morgan fingerprint density at radius 2 is 1.76 bits per heavy atom. The SMILES string of the molecule is CNC(=O)/C1=C(\C=O)c2cn(c3cccc(C)c23)CCC(CN(C)C)OCCn2cc1c1c(Cl)cccc12. The molecule has 0 aliphatic carbocycles. The summed E-state index contributed by atoms with van der Waals surface area (Å²) in [7, 11) is 5.68. The van der Waals surface area contributed by atoms with Crippen molar-refractivity contribution >= 4 is 56.7 Å². The molecule has 2 aromatic carbocycles. The van der Waals surface area contributed by atoms with Crippen LogP contribution in [0, 0.1) is 6.92 Å². The minimum Gasteiger partial charge on any atom is -0.375 e. The number of allylic oxidation sites excluding steroid dienone is 1. The van der Waals surface area contributed by atoms with Crippen LogP contribution < -0.4 is 5.32 Å². The second kappa shape index (κ2) is 10.8. The molecule has 1 unspecified atom stereocenters. The third-order valence-corrected chi connectivity index (χ3v) is 7.63. The van der Waals surface area contributed by atoms with Crippen molar-refractivity contribution in [1.82, 2.24) is 19.4 Å². The zero-order valence-corrected chi connectivity index (χ0v) is 23.0. The van der Waals surface area contributed by atoms with E-state index in [4.69, 9.17) is 16.3 Å². The van der Waals surface area contributed by atoms with Crippen LogP contribution in [0.5, 0.6) is 0 Å². The summed E-state index contributed by atoms with van der Waals surface area (Å²) in [6.07, 6.45) is 5.57. The van der Waals surface area contributed by atoms with E-state index < -0.39 is 0 Å². The molecule has 0 radical (unpaired) electrons. The van der Waals surface area contributed by atoms with Crippen LogP contribution in [0.4, 0.5) is 0 Å². The number of hydrogen-bond donors (Lipinski definition) is 1. The molecule has 5 rings (SSSR count). The summed E-state index contributed by atoms with van der Waals surface area (Å²) in [6, 6.07) is 11.8. The number of fused-ring (bicyclic) bond motifs is 10. The molecule has 7 nitrogen and oxygen atoms in total. The molecule has 1 atom stereocenters. The molecule has 0 spiro atoms. The van der Waals surface area contributed by atoms with Gasteiger partial charge < -0.3 is 24.1 Å². The van der Waals surface area contributed by atoms with Crippen molar-refractivity contribution in [1.29, 1.82) is 0 Å². The van der Waals surface area contributed by atoms with Crippen molar-refractivity contribution in [2.24, 2.45) is 0 Å². The highest BCUT2D eigenvalue weighted by Crippen LogP contribution is 2.39. The second-order valence-corrected chi connectivity index (χ2v) is 10.5. The van der Waals surface area contributed by atoms with Crippen LogP contribution in [0.3, 0.4) is 0 Å². The van der Waals surface area contributed by atoms with Gasteiger partial charge in [0.15, 0.2) is 6.29 Å². The van der Waals surface area contributed by atoms with Gasteiger partial charge in [-0.3, -0.25) is 9.59 Å². The number of benzene rings is 2. The minimum absolute atomic E-state index is 0.0334. The van der Waals surface area contributed by atoms with Crippen LogP contribution in [0.2, 0.25) is 5.02 Å². The molecule has 0 saturated carbocycles. The fraction of sp³-hybridized carbons (Fsp3) is 0.333. The molecule has 4 aromatic rings. The number of amides is 1. The molecule has 198 valence electrons. The Morgan fingerprint density at radius 1 is 1.08 bits per heavy atom. The molecule has 2 aromatic heterocycles. The van der Waals surface area contributed by atoms with Gasteiger partial charge in [-0.15, -0.1) is 0 Å². The van der Waals surface area contributed by atoms with Gasteiger partial charge in [0.1, 0.15) is 0 Å². The Hall–Kier alpha value is -3.39. The Labute approximate surface area is 227 Å². The summed E-state index contributed by atoms with van der Waals surface area (Å²) in [6.45, 7) is 4.65. The standard InChI is InChI=1S/C30H33ClN4O3/c1-19-7-5-9-25-27(19)21-16-34(25)12-11-20(15-33(3)4)38-14-13-35-17-22(28(23(21)18-36)30(37)32-2)29-24(31)8-6-10-26(29)35/h5-10,16-18,20H,11-15H2,1-4H3,(H,32,37)/b28-23+. The number of rotatable bonds is 4. The predicted octanol–water partition coefficient (Wildman–Crippen LogP) is 4.76. The van der Waals surface area contributed by atoms with Crippen LogP contribution in [0.1, 0.15) is 23.1 Å². The summed E-state index contributed by atoms with van der Waals surface area (Å²) >= 11 is 6.74. The quantitative estimate of drug-likeness (QED) is 0.385. The van der Waals surface area contributed by atoms with Crippen LogP contribution in [0.25, 0.3) is 33.0 Å². The van der Waals surface area contributed by atoms with Crippen LogP contribution in [-0.4, -0.2) is 66.6 Å². The average molecular weight is 533 g/mol. The van der Waals surface area contributed by atoms with Crippen molar-refractivity contribution in [2.75, 3.05) is 34.3 Å². The molecule has 1 aliphatic rings. The highest BCUT2D eigenvalue weighted by molar-refractivity contribution is 6.41. The summed E-state index contributed by atoms with van der Waals surface area (Å²) in [5.41, 5.74) is 4.97. The predicted molar refractivity (Wildman–Crippen MR) is 153 cm³/mol. The number of ether oxygens (including phenoxy) is 1. The van der Waals surface area contributed by atoms with E-state index in [1.54, 1.807) is 7.05 Å². The summed E-state index contributed by atoms with van der Waals surface area (Å²) in [5.74, 6) is -0.338. The lowest BCUT2D eigenvalue weighted by atomic mass is 9.93. The maximum absolute atomic E-state index is 13.5. The normalized spacial score (nSPS) is 18.6. The fourth-order valence-electron chi connectivity index (χ4n) is 5.61. The molecule has 3 heterocycles. The van der Waals surface area contributed by atoms with Crippen LogP contribution in [0.15, 0.2) is 48.8 Å². The number of aldehydes is 1. The summed E-state index contributed by atoms with van der Waals surface area (Å²) in [4.78, 5) is 28.5. The van der Waals surface area contributed by atoms with E-state index in [9.17, 15) is 9.59 Å². The van der Waals surface area contributed by atoms with Crippen molar-refractivity contribution < 1.29 is 14.3 Å². The van der Waals surface area contributed by atoms with Crippen molar-refractivity contribution in [3.05, 3.63) is 70.5 Å². The molecule has 4 bridgehead atoms. The van der Waals surface area contributed by atoms with Gasteiger partial charge in [-0.05, 0) is 51.2 Å². The molecule has 8 heteroatoms. The molecule has 38 heavy (non-hydrogen) atoms. The maximum atomic E-state index is 13.5. The highest BCUT2D eigenvalue weighted by Gasteiger charge is 2.26. The van der Waals surface area contributed by atoms with Gasteiger partial charge in [-0.25, -0.2) is 0 Å². The largest absolute Gasteiger partial charge is 0.375 e. The zero-order chi connectivity index (χ0) is 27.0. The Bertz CT molecular complexity index is 1560. The van der Waals surface area contributed by atoms with Gasteiger partial charge in [0.25, 0.3) is 5.91 Å². The van der Waals surface area contributed by atoms with E-state index in [-0.39, 0.29) is 12.0 Å². The average Bonchev–Trinajstić information content (AvgIpc) is 3.44. The molecule has 1 N–H and O–H groups in total. The Morgan fingerprint density at radius 3 is 2.47 bits per heavy atom. The van der Waals surface area contributed by atoms with Gasteiger partial charge in [-0.1, -0.05) is 29.8 Å². The fourth-order valence-corrected chi connectivity index (χ4v) is 5.88. The first kappa shape index (κ1) is 26.2. The van der Waals surface area contributed by atoms with Crippen molar-refractivity contribution in [2.45, 2.75) is 32.5 Å². The number of likely N-dealkylation sites (N-methyl/N-ethyl adjacent to an activating group) is 2. The second-order valence-electron chi connectivity index (χ2n) is 10.1. The molecular formula is C30H33ClN4O3. The van der Waals surface area contributed by atoms with E-state index in [1.165, 1.54) is 0 Å². The third kappa shape index (κ3) is 4.66. The van der Waals surface area contributed by atoms with Gasteiger partial charge in [0, 0.05) is 72.1 Å². The van der Waals surface area contributed by atoms with Gasteiger partial charge in [0.2, 0.25) is 0 Å². The lowest BCUT2D eigenvalue weighted by molar-refractivity contribution is -0.115. The van der Waals surface area contributed by atoms with E-state index in [0.717, 1.165) is 58.7 Å². The lowest BCUT2D eigenvalue weighted by Gasteiger charge is -2.22. The van der Waals surface area contributed by atoms with Crippen molar-refractivity contribution in [3.63, 3.8) is 0 Å². The summed E-state index contributed by atoms with van der Waals surface area (Å²) in [5, 5.41) is 4.99. The van der Waals surface area contributed by atoms with Crippen molar-refractivity contribution in [3.8, 4) is 0 Å². The first-order chi connectivity index (χ1) is 18.3.